The Labute approximate surface area is 87.3 Å². The Balaban J connectivity index is 2.64. The van der Waals surface area contributed by atoms with Crippen molar-refractivity contribution in [2.24, 2.45) is 5.92 Å². The predicted molar refractivity (Wildman–Crippen MR) is 57.7 cm³/mol. The first-order valence-corrected chi connectivity index (χ1v) is 5.14. The highest BCUT2D eigenvalue weighted by molar-refractivity contribution is 9.10. The second kappa shape index (κ2) is 4.56. The zero-order valence-corrected chi connectivity index (χ0v) is 9.47. The van der Waals surface area contributed by atoms with Crippen molar-refractivity contribution < 1.29 is 4.79 Å². The Bertz CT molecular complexity index is 289. The SMILES string of the molecule is CC(=O)[C@H](C)Cc1ccc(Br)cc1. The molecule has 0 unspecified atom stereocenters. The molecule has 1 rings (SSSR count). The van der Waals surface area contributed by atoms with Crippen molar-refractivity contribution in [1.29, 1.82) is 0 Å². The fourth-order valence-corrected chi connectivity index (χ4v) is 1.38. The number of ketones is 1. The molecule has 1 aromatic rings. The van der Waals surface area contributed by atoms with Gasteiger partial charge in [0.15, 0.2) is 0 Å². The first kappa shape index (κ1) is 10.5. The molecule has 1 nitrogen and oxygen atoms in total. The molecule has 0 aliphatic carbocycles. The van der Waals surface area contributed by atoms with Crippen LogP contribution in [0.15, 0.2) is 28.7 Å². The lowest BCUT2D eigenvalue weighted by atomic mass is 9.98. The quantitative estimate of drug-likeness (QED) is 0.794. The maximum atomic E-state index is 11.0. The first-order chi connectivity index (χ1) is 6.09. The van der Waals surface area contributed by atoms with Crippen LogP contribution < -0.4 is 0 Å². The van der Waals surface area contributed by atoms with E-state index in [1.807, 2.05) is 31.2 Å². The van der Waals surface area contributed by atoms with E-state index in [-0.39, 0.29) is 11.7 Å². The molecule has 0 amide bonds. The second-order valence-corrected chi connectivity index (χ2v) is 4.26. The zero-order valence-electron chi connectivity index (χ0n) is 7.88. The minimum Gasteiger partial charge on any atom is -0.300 e. The number of carbonyl (C=O) groups is 1. The van der Waals surface area contributed by atoms with Crippen LogP contribution in [0, 0.1) is 5.92 Å². The number of halogens is 1. The van der Waals surface area contributed by atoms with Gasteiger partial charge in [-0.25, -0.2) is 0 Å². The fraction of sp³-hybridized carbons (Fsp3) is 0.364. The molecule has 13 heavy (non-hydrogen) atoms. The zero-order chi connectivity index (χ0) is 9.84. The summed E-state index contributed by atoms with van der Waals surface area (Å²) in [5.41, 5.74) is 1.21. The van der Waals surface area contributed by atoms with Gasteiger partial charge in [0.1, 0.15) is 5.78 Å². The summed E-state index contributed by atoms with van der Waals surface area (Å²) in [4.78, 5) is 11.0. The van der Waals surface area contributed by atoms with Crippen molar-refractivity contribution in [2.75, 3.05) is 0 Å². The number of hydrogen-bond acceptors (Lipinski definition) is 1. The molecule has 0 aromatic heterocycles. The van der Waals surface area contributed by atoms with E-state index in [9.17, 15) is 4.79 Å². The Kier molecular flexibility index (Phi) is 3.67. The minimum atomic E-state index is 0.126. The normalized spacial score (nSPS) is 12.5. The molecule has 0 N–H and O–H groups in total. The van der Waals surface area contributed by atoms with Gasteiger partial charge in [0.2, 0.25) is 0 Å². The van der Waals surface area contributed by atoms with Gasteiger partial charge in [0, 0.05) is 10.4 Å². The van der Waals surface area contributed by atoms with E-state index in [2.05, 4.69) is 15.9 Å². The summed E-state index contributed by atoms with van der Waals surface area (Å²) >= 11 is 3.37. The molecular weight excluding hydrogens is 228 g/mol. The van der Waals surface area contributed by atoms with Gasteiger partial charge >= 0.3 is 0 Å². The van der Waals surface area contributed by atoms with Crippen LogP contribution in [0.25, 0.3) is 0 Å². The van der Waals surface area contributed by atoms with Gasteiger partial charge < -0.3 is 0 Å². The van der Waals surface area contributed by atoms with Gasteiger partial charge in [-0.1, -0.05) is 35.0 Å². The van der Waals surface area contributed by atoms with Crippen molar-refractivity contribution in [3.8, 4) is 0 Å². The lowest BCUT2D eigenvalue weighted by molar-refractivity contribution is -0.120. The predicted octanol–water partition coefficient (Wildman–Crippen LogP) is 3.22. The molecule has 0 saturated heterocycles. The lowest BCUT2D eigenvalue weighted by Crippen LogP contribution is -2.09. The molecule has 0 bridgehead atoms. The molecule has 2 heteroatoms. The summed E-state index contributed by atoms with van der Waals surface area (Å²) < 4.78 is 1.08. The minimum absolute atomic E-state index is 0.126. The van der Waals surface area contributed by atoms with E-state index in [0.29, 0.717) is 0 Å². The van der Waals surface area contributed by atoms with Crippen LogP contribution in [-0.4, -0.2) is 5.78 Å². The molecule has 0 heterocycles. The highest BCUT2D eigenvalue weighted by Crippen LogP contribution is 2.14. The second-order valence-electron chi connectivity index (χ2n) is 3.34. The molecule has 1 aromatic carbocycles. The summed E-state index contributed by atoms with van der Waals surface area (Å²) in [6, 6.07) is 8.09. The van der Waals surface area contributed by atoms with E-state index in [1.54, 1.807) is 6.92 Å². The summed E-state index contributed by atoms with van der Waals surface area (Å²) in [6.45, 7) is 3.61. The molecule has 0 fully saturated rings. The average Bonchev–Trinajstić information content (AvgIpc) is 2.08. The smallest absolute Gasteiger partial charge is 0.132 e. The summed E-state index contributed by atoms with van der Waals surface area (Å²) in [5.74, 6) is 0.379. The standard InChI is InChI=1S/C11H13BrO/c1-8(9(2)13)7-10-3-5-11(12)6-4-10/h3-6,8H,7H2,1-2H3/t8-/m1/s1. The van der Waals surface area contributed by atoms with Gasteiger partial charge in [-0.3, -0.25) is 4.79 Å². The molecule has 0 saturated carbocycles. The molecule has 70 valence electrons. The van der Waals surface area contributed by atoms with E-state index in [1.165, 1.54) is 5.56 Å². The van der Waals surface area contributed by atoms with Gasteiger partial charge in [-0.15, -0.1) is 0 Å². The van der Waals surface area contributed by atoms with Crippen molar-refractivity contribution in [3.63, 3.8) is 0 Å². The van der Waals surface area contributed by atoms with Gasteiger partial charge in [-0.05, 0) is 31.0 Å². The number of Topliss-reactive ketones (excluding diaryl/α,β-unsaturated/α-hetero) is 1. The Morgan fingerprint density at radius 1 is 1.38 bits per heavy atom. The van der Waals surface area contributed by atoms with E-state index in [0.717, 1.165) is 10.9 Å². The number of rotatable bonds is 3. The molecular formula is C11H13BrO. The van der Waals surface area contributed by atoms with Crippen molar-refractivity contribution >= 4 is 21.7 Å². The molecule has 0 aliphatic rings. The average molecular weight is 241 g/mol. The highest BCUT2D eigenvalue weighted by atomic mass is 79.9. The maximum absolute atomic E-state index is 11.0. The lowest BCUT2D eigenvalue weighted by Gasteiger charge is -2.06. The Morgan fingerprint density at radius 2 is 1.92 bits per heavy atom. The van der Waals surface area contributed by atoms with Crippen molar-refractivity contribution in [3.05, 3.63) is 34.3 Å². The molecule has 0 aliphatic heterocycles. The third-order valence-electron chi connectivity index (χ3n) is 2.15. The maximum Gasteiger partial charge on any atom is 0.132 e. The highest BCUT2D eigenvalue weighted by Gasteiger charge is 2.07. The van der Waals surface area contributed by atoms with Gasteiger partial charge in [0.25, 0.3) is 0 Å². The van der Waals surface area contributed by atoms with E-state index in [4.69, 9.17) is 0 Å². The number of benzene rings is 1. The van der Waals surface area contributed by atoms with Crippen LogP contribution in [0.3, 0.4) is 0 Å². The monoisotopic (exact) mass is 240 g/mol. The number of hydrogen-bond donors (Lipinski definition) is 0. The van der Waals surface area contributed by atoms with Crippen LogP contribution >= 0.6 is 15.9 Å². The van der Waals surface area contributed by atoms with Crippen LogP contribution in [0.4, 0.5) is 0 Å². The third kappa shape index (κ3) is 3.31. The van der Waals surface area contributed by atoms with Crippen LogP contribution in [0.1, 0.15) is 19.4 Å². The Hall–Kier alpha value is -0.630. The summed E-state index contributed by atoms with van der Waals surface area (Å²) in [5, 5.41) is 0. The largest absolute Gasteiger partial charge is 0.300 e. The molecule has 0 spiro atoms. The Morgan fingerprint density at radius 3 is 2.38 bits per heavy atom. The molecule has 1 atom stereocenters. The van der Waals surface area contributed by atoms with Gasteiger partial charge in [-0.2, -0.15) is 0 Å². The number of carbonyl (C=O) groups excluding carboxylic acids is 1. The van der Waals surface area contributed by atoms with Crippen LogP contribution in [0.5, 0.6) is 0 Å². The van der Waals surface area contributed by atoms with E-state index < -0.39 is 0 Å². The topological polar surface area (TPSA) is 17.1 Å². The van der Waals surface area contributed by atoms with E-state index >= 15 is 0 Å². The van der Waals surface area contributed by atoms with Crippen LogP contribution in [-0.2, 0) is 11.2 Å². The first-order valence-electron chi connectivity index (χ1n) is 4.34. The van der Waals surface area contributed by atoms with Crippen molar-refractivity contribution in [2.45, 2.75) is 20.3 Å². The van der Waals surface area contributed by atoms with Crippen molar-refractivity contribution in [1.82, 2.24) is 0 Å². The summed E-state index contributed by atoms with van der Waals surface area (Å²) in [7, 11) is 0. The van der Waals surface area contributed by atoms with Gasteiger partial charge in [0.05, 0.1) is 0 Å². The fourth-order valence-electron chi connectivity index (χ4n) is 1.12. The van der Waals surface area contributed by atoms with Crippen LogP contribution in [0.2, 0.25) is 0 Å². The third-order valence-corrected chi connectivity index (χ3v) is 2.68. The summed E-state index contributed by atoms with van der Waals surface area (Å²) in [6.07, 6.45) is 0.836. The molecule has 0 radical (unpaired) electrons.